The zero-order chi connectivity index (χ0) is 16.3. The standard InChI is InChI=1S/C17H17N3O2S/c1-2-3-13-4-7-15(8-5-13)23(21,22)20-14-6-9-16-17(12-14)19-11-10-18-16/h4-12,20H,2-3H2,1H3. The zero-order valence-corrected chi connectivity index (χ0v) is 13.5. The van der Waals surface area contributed by atoms with Crippen LogP contribution in [0.3, 0.4) is 0 Å². The highest BCUT2D eigenvalue weighted by Crippen LogP contribution is 2.20. The number of nitrogens with one attached hydrogen (secondary N) is 1. The van der Waals surface area contributed by atoms with Gasteiger partial charge in [-0.05, 0) is 42.3 Å². The van der Waals surface area contributed by atoms with Gasteiger partial charge in [0.25, 0.3) is 10.0 Å². The summed E-state index contributed by atoms with van der Waals surface area (Å²) < 4.78 is 27.5. The summed E-state index contributed by atoms with van der Waals surface area (Å²) in [7, 11) is -3.61. The second-order valence-electron chi connectivity index (χ2n) is 5.26. The Balaban J connectivity index is 1.86. The van der Waals surface area contributed by atoms with E-state index in [-0.39, 0.29) is 4.90 Å². The van der Waals surface area contributed by atoms with E-state index in [0.717, 1.165) is 23.9 Å². The van der Waals surface area contributed by atoms with Crippen molar-refractivity contribution >= 4 is 26.7 Å². The van der Waals surface area contributed by atoms with Crippen molar-refractivity contribution in [2.75, 3.05) is 4.72 Å². The number of fused-ring (bicyclic) bond motifs is 1. The van der Waals surface area contributed by atoms with Crippen LogP contribution >= 0.6 is 0 Å². The summed E-state index contributed by atoms with van der Waals surface area (Å²) in [4.78, 5) is 8.59. The highest BCUT2D eigenvalue weighted by molar-refractivity contribution is 7.92. The summed E-state index contributed by atoms with van der Waals surface area (Å²) >= 11 is 0. The van der Waals surface area contributed by atoms with Gasteiger partial charge in [0.15, 0.2) is 0 Å². The summed E-state index contributed by atoms with van der Waals surface area (Å²) in [5.74, 6) is 0. The van der Waals surface area contributed by atoms with E-state index >= 15 is 0 Å². The molecule has 6 heteroatoms. The molecule has 0 saturated heterocycles. The first kappa shape index (κ1) is 15.4. The van der Waals surface area contributed by atoms with Crippen LogP contribution in [0.4, 0.5) is 5.69 Å². The summed E-state index contributed by atoms with van der Waals surface area (Å²) in [5.41, 5.74) is 2.97. The fourth-order valence-electron chi connectivity index (χ4n) is 2.36. The van der Waals surface area contributed by atoms with Gasteiger partial charge in [0.2, 0.25) is 0 Å². The van der Waals surface area contributed by atoms with Gasteiger partial charge in [-0.2, -0.15) is 0 Å². The van der Waals surface area contributed by atoms with Crippen LogP contribution in [0.1, 0.15) is 18.9 Å². The second-order valence-corrected chi connectivity index (χ2v) is 6.94. The van der Waals surface area contributed by atoms with Crippen LogP contribution < -0.4 is 4.72 Å². The summed E-state index contributed by atoms with van der Waals surface area (Å²) in [6.45, 7) is 2.09. The Bertz CT molecular complexity index is 922. The van der Waals surface area contributed by atoms with E-state index in [2.05, 4.69) is 21.6 Å². The van der Waals surface area contributed by atoms with Gasteiger partial charge in [0, 0.05) is 12.4 Å². The highest BCUT2D eigenvalue weighted by atomic mass is 32.2. The molecule has 1 N–H and O–H groups in total. The van der Waals surface area contributed by atoms with Crippen molar-refractivity contribution in [3.63, 3.8) is 0 Å². The molecule has 118 valence electrons. The van der Waals surface area contributed by atoms with Gasteiger partial charge in [-0.1, -0.05) is 25.5 Å². The minimum Gasteiger partial charge on any atom is -0.280 e. The lowest BCUT2D eigenvalue weighted by atomic mass is 10.1. The van der Waals surface area contributed by atoms with E-state index in [1.165, 1.54) is 0 Å². The third-order valence-corrected chi connectivity index (χ3v) is 4.89. The third kappa shape index (κ3) is 3.48. The van der Waals surface area contributed by atoms with E-state index in [0.29, 0.717) is 11.2 Å². The van der Waals surface area contributed by atoms with Gasteiger partial charge < -0.3 is 0 Å². The van der Waals surface area contributed by atoms with Gasteiger partial charge in [-0.25, -0.2) is 8.42 Å². The number of aromatic nitrogens is 2. The molecule has 0 unspecified atom stereocenters. The van der Waals surface area contributed by atoms with Crippen LogP contribution in [0.5, 0.6) is 0 Å². The molecule has 1 aromatic heterocycles. The number of hydrogen-bond acceptors (Lipinski definition) is 4. The Morgan fingerprint density at radius 1 is 0.957 bits per heavy atom. The van der Waals surface area contributed by atoms with Crippen molar-refractivity contribution in [1.82, 2.24) is 9.97 Å². The average Bonchev–Trinajstić information content (AvgIpc) is 2.55. The Morgan fingerprint density at radius 2 is 1.65 bits per heavy atom. The quantitative estimate of drug-likeness (QED) is 0.780. The molecule has 0 spiro atoms. The molecule has 0 atom stereocenters. The maximum atomic E-state index is 12.5. The smallest absolute Gasteiger partial charge is 0.261 e. The first-order valence-electron chi connectivity index (χ1n) is 7.41. The third-order valence-electron chi connectivity index (χ3n) is 3.49. The topological polar surface area (TPSA) is 72.0 Å². The van der Waals surface area contributed by atoms with Crippen molar-refractivity contribution in [3.8, 4) is 0 Å². The normalized spacial score (nSPS) is 11.5. The van der Waals surface area contributed by atoms with Crippen molar-refractivity contribution in [1.29, 1.82) is 0 Å². The maximum absolute atomic E-state index is 12.5. The minimum absolute atomic E-state index is 0.247. The first-order chi connectivity index (χ1) is 11.1. The number of anilines is 1. The molecule has 0 amide bonds. The Kier molecular flexibility index (Phi) is 4.25. The van der Waals surface area contributed by atoms with Crippen LogP contribution in [0.15, 0.2) is 59.8 Å². The first-order valence-corrected chi connectivity index (χ1v) is 8.89. The van der Waals surface area contributed by atoms with Crippen LogP contribution in [0.2, 0.25) is 0 Å². The highest BCUT2D eigenvalue weighted by Gasteiger charge is 2.14. The molecule has 0 aliphatic carbocycles. The molecule has 0 bridgehead atoms. The predicted octanol–water partition coefficient (Wildman–Crippen LogP) is 3.38. The molecular weight excluding hydrogens is 310 g/mol. The molecule has 0 aliphatic rings. The van der Waals surface area contributed by atoms with Crippen molar-refractivity contribution < 1.29 is 8.42 Å². The molecule has 0 aliphatic heterocycles. The number of rotatable bonds is 5. The number of aryl methyl sites for hydroxylation is 1. The predicted molar refractivity (Wildman–Crippen MR) is 90.8 cm³/mol. The molecular formula is C17H17N3O2S. The van der Waals surface area contributed by atoms with Crippen LogP contribution in [0.25, 0.3) is 11.0 Å². The number of hydrogen-bond donors (Lipinski definition) is 1. The Labute approximate surface area is 135 Å². The lowest BCUT2D eigenvalue weighted by Gasteiger charge is -2.09. The number of benzene rings is 2. The lowest BCUT2D eigenvalue weighted by Crippen LogP contribution is -2.13. The Hall–Kier alpha value is -2.47. The molecule has 0 fully saturated rings. The molecule has 0 radical (unpaired) electrons. The van der Waals surface area contributed by atoms with Crippen LogP contribution in [0, 0.1) is 0 Å². The van der Waals surface area contributed by atoms with Gasteiger partial charge in [0.05, 0.1) is 21.6 Å². The zero-order valence-electron chi connectivity index (χ0n) is 12.7. The van der Waals surface area contributed by atoms with E-state index in [9.17, 15) is 8.42 Å². The van der Waals surface area contributed by atoms with Crippen LogP contribution in [-0.2, 0) is 16.4 Å². The number of sulfonamides is 1. The molecule has 2 aromatic carbocycles. The van der Waals surface area contributed by atoms with Gasteiger partial charge >= 0.3 is 0 Å². The summed E-state index contributed by atoms with van der Waals surface area (Å²) in [5, 5.41) is 0. The van der Waals surface area contributed by atoms with Crippen LogP contribution in [-0.4, -0.2) is 18.4 Å². The summed E-state index contributed by atoms with van der Waals surface area (Å²) in [6.07, 6.45) is 5.15. The Morgan fingerprint density at radius 3 is 2.35 bits per heavy atom. The van der Waals surface area contributed by atoms with E-state index < -0.39 is 10.0 Å². The molecule has 23 heavy (non-hydrogen) atoms. The molecule has 1 heterocycles. The average molecular weight is 327 g/mol. The second kappa shape index (κ2) is 6.34. The largest absolute Gasteiger partial charge is 0.280 e. The number of nitrogens with zero attached hydrogens (tertiary/aromatic N) is 2. The van der Waals surface area contributed by atoms with Gasteiger partial charge in [0.1, 0.15) is 0 Å². The fraction of sp³-hybridized carbons (Fsp3) is 0.176. The fourth-order valence-corrected chi connectivity index (χ4v) is 3.41. The molecule has 3 aromatic rings. The molecule has 5 nitrogen and oxygen atoms in total. The molecule has 3 rings (SSSR count). The van der Waals surface area contributed by atoms with Crippen molar-refractivity contribution in [3.05, 3.63) is 60.4 Å². The van der Waals surface area contributed by atoms with E-state index in [1.54, 1.807) is 42.7 Å². The van der Waals surface area contributed by atoms with Gasteiger partial charge in [-0.3, -0.25) is 14.7 Å². The maximum Gasteiger partial charge on any atom is 0.261 e. The van der Waals surface area contributed by atoms with Crippen molar-refractivity contribution in [2.45, 2.75) is 24.7 Å². The monoisotopic (exact) mass is 327 g/mol. The lowest BCUT2D eigenvalue weighted by molar-refractivity contribution is 0.601. The summed E-state index contributed by atoms with van der Waals surface area (Å²) in [6, 6.07) is 12.1. The minimum atomic E-state index is -3.61. The van der Waals surface area contributed by atoms with Gasteiger partial charge in [-0.15, -0.1) is 0 Å². The molecule has 0 saturated carbocycles. The van der Waals surface area contributed by atoms with E-state index in [1.807, 2.05) is 12.1 Å². The van der Waals surface area contributed by atoms with Crippen molar-refractivity contribution in [2.24, 2.45) is 0 Å². The van der Waals surface area contributed by atoms with E-state index in [4.69, 9.17) is 0 Å². The SMILES string of the molecule is CCCc1ccc(S(=O)(=O)Nc2ccc3nccnc3c2)cc1.